The summed E-state index contributed by atoms with van der Waals surface area (Å²) >= 11 is 0. The average molecular weight is 310 g/mol. The Morgan fingerprint density at radius 2 is 2.00 bits per heavy atom. The van der Waals surface area contributed by atoms with Crippen LogP contribution in [-0.2, 0) is 6.61 Å². The van der Waals surface area contributed by atoms with E-state index in [1.807, 2.05) is 30.3 Å². The third-order valence-corrected chi connectivity index (χ3v) is 2.91. The number of hydrogen-bond acceptors (Lipinski definition) is 5. The van der Waals surface area contributed by atoms with Gasteiger partial charge >= 0.3 is 5.91 Å². The van der Waals surface area contributed by atoms with Gasteiger partial charge in [-0.25, -0.2) is 5.43 Å². The minimum Gasteiger partial charge on any atom is -0.486 e. The van der Waals surface area contributed by atoms with Gasteiger partial charge in [0.25, 0.3) is 0 Å². The summed E-state index contributed by atoms with van der Waals surface area (Å²) in [6.07, 6.45) is 2.93. The molecule has 2 heterocycles. The number of benzene rings is 1. The predicted molar refractivity (Wildman–Crippen MR) is 83.3 cm³/mol. The summed E-state index contributed by atoms with van der Waals surface area (Å²) in [6, 6.07) is 16.1. The summed E-state index contributed by atoms with van der Waals surface area (Å²) in [5.41, 5.74) is 2.36. The van der Waals surface area contributed by atoms with Gasteiger partial charge in [-0.2, -0.15) is 5.10 Å². The van der Waals surface area contributed by atoms with Gasteiger partial charge in [-0.3, -0.25) is 4.79 Å². The molecule has 0 aliphatic carbocycles. The lowest BCUT2D eigenvalue weighted by Crippen LogP contribution is -2.16. The number of rotatable bonds is 6. The fraction of sp³-hybridized carbons (Fsp3) is 0.0588. The number of carbonyl (C=O) groups is 1. The highest BCUT2D eigenvalue weighted by Gasteiger charge is 2.10. The monoisotopic (exact) mass is 310 g/mol. The molecule has 6 nitrogen and oxygen atoms in total. The largest absolute Gasteiger partial charge is 0.486 e. The molecule has 0 atom stereocenters. The van der Waals surface area contributed by atoms with Crippen molar-refractivity contribution in [2.45, 2.75) is 6.61 Å². The van der Waals surface area contributed by atoms with Crippen LogP contribution in [0.5, 0.6) is 5.75 Å². The SMILES string of the molecule is O=C(N/N=C\c1ccco1)c1ccc(COc2ccccc2)o1. The normalized spacial score (nSPS) is 10.8. The number of carbonyl (C=O) groups excluding carboxylic acids is 1. The second kappa shape index (κ2) is 7.13. The third kappa shape index (κ3) is 4.10. The maximum absolute atomic E-state index is 11.9. The molecule has 1 aromatic carbocycles. The third-order valence-electron chi connectivity index (χ3n) is 2.91. The summed E-state index contributed by atoms with van der Waals surface area (Å²) in [5.74, 6) is 1.54. The summed E-state index contributed by atoms with van der Waals surface area (Å²) in [5, 5.41) is 3.78. The van der Waals surface area contributed by atoms with E-state index < -0.39 is 5.91 Å². The topological polar surface area (TPSA) is 77.0 Å². The van der Waals surface area contributed by atoms with Crippen molar-refractivity contribution >= 4 is 12.1 Å². The van der Waals surface area contributed by atoms with Crippen molar-refractivity contribution < 1.29 is 18.4 Å². The van der Waals surface area contributed by atoms with E-state index in [2.05, 4.69) is 10.5 Å². The molecule has 0 unspecified atom stereocenters. The number of furan rings is 2. The maximum atomic E-state index is 11.9. The molecule has 0 aliphatic rings. The van der Waals surface area contributed by atoms with Gasteiger partial charge in [-0.15, -0.1) is 0 Å². The van der Waals surface area contributed by atoms with Gasteiger partial charge in [0, 0.05) is 0 Å². The molecule has 0 fully saturated rings. The van der Waals surface area contributed by atoms with Gasteiger partial charge in [0.1, 0.15) is 23.9 Å². The first-order valence-corrected chi connectivity index (χ1v) is 6.95. The smallest absolute Gasteiger partial charge is 0.307 e. The van der Waals surface area contributed by atoms with Crippen LogP contribution in [0.15, 0.2) is 74.8 Å². The molecule has 6 heteroatoms. The second-order valence-corrected chi connectivity index (χ2v) is 4.58. The molecule has 23 heavy (non-hydrogen) atoms. The van der Waals surface area contributed by atoms with Crippen LogP contribution in [0.4, 0.5) is 0 Å². The predicted octanol–water partition coefficient (Wildman–Crippen LogP) is 3.22. The van der Waals surface area contributed by atoms with E-state index in [0.29, 0.717) is 11.5 Å². The van der Waals surface area contributed by atoms with Gasteiger partial charge in [-0.1, -0.05) is 18.2 Å². The van der Waals surface area contributed by atoms with Crippen LogP contribution in [-0.4, -0.2) is 12.1 Å². The minimum absolute atomic E-state index is 0.160. The van der Waals surface area contributed by atoms with E-state index in [9.17, 15) is 4.79 Å². The molecule has 0 saturated carbocycles. The Kier molecular flexibility index (Phi) is 4.54. The van der Waals surface area contributed by atoms with E-state index in [1.165, 1.54) is 12.5 Å². The lowest BCUT2D eigenvalue weighted by atomic mass is 10.3. The molecular weight excluding hydrogens is 296 g/mol. The molecule has 0 radical (unpaired) electrons. The van der Waals surface area contributed by atoms with Crippen LogP contribution in [0.25, 0.3) is 0 Å². The first-order valence-electron chi connectivity index (χ1n) is 6.95. The standard InChI is InChI=1S/C17H14N2O4/c20-17(19-18-11-14-7-4-10-21-14)16-9-8-15(23-16)12-22-13-5-2-1-3-6-13/h1-11H,12H2,(H,19,20)/b18-11-. The van der Waals surface area contributed by atoms with Crippen molar-refractivity contribution in [2.24, 2.45) is 5.10 Å². The highest BCUT2D eigenvalue weighted by molar-refractivity contribution is 5.92. The van der Waals surface area contributed by atoms with Crippen LogP contribution >= 0.6 is 0 Å². The zero-order chi connectivity index (χ0) is 15.9. The first kappa shape index (κ1) is 14.6. The molecule has 0 bridgehead atoms. The number of nitrogens with zero attached hydrogens (tertiary/aromatic N) is 1. The quantitative estimate of drug-likeness (QED) is 0.560. The van der Waals surface area contributed by atoms with Crippen molar-refractivity contribution in [3.63, 3.8) is 0 Å². The van der Waals surface area contributed by atoms with Crippen molar-refractivity contribution in [3.05, 3.63) is 78.1 Å². The zero-order valence-corrected chi connectivity index (χ0v) is 12.1. The fourth-order valence-electron chi connectivity index (χ4n) is 1.82. The average Bonchev–Trinajstić information content (AvgIpc) is 3.25. The molecule has 0 aliphatic heterocycles. The van der Waals surface area contributed by atoms with Crippen molar-refractivity contribution in [1.82, 2.24) is 5.43 Å². The molecule has 2 aromatic heterocycles. The molecule has 0 saturated heterocycles. The van der Waals surface area contributed by atoms with Gasteiger partial charge in [0.2, 0.25) is 0 Å². The minimum atomic E-state index is -0.446. The van der Waals surface area contributed by atoms with E-state index in [-0.39, 0.29) is 12.4 Å². The lowest BCUT2D eigenvalue weighted by Gasteiger charge is -2.03. The van der Waals surface area contributed by atoms with Crippen molar-refractivity contribution in [3.8, 4) is 5.75 Å². The first-order chi connectivity index (χ1) is 11.3. The van der Waals surface area contributed by atoms with E-state index in [1.54, 1.807) is 24.3 Å². The molecular formula is C17H14N2O4. The number of nitrogens with one attached hydrogen (secondary N) is 1. The summed E-state index contributed by atoms with van der Waals surface area (Å²) in [6.45, 7) is 0.243. The van der Waals surface area contributed by atoms with E-state index in [4.69, 9.17) is 13.6 Å². The van der Waals surface area contributed by atoms with Crippen molar-refractivity contribution in [2.75, 3.05) is 0 Å². The molecule has 116 valence electrons. The molecule has 1 amide bonds. The highest BCUT2D eigenvalue weighted by atomic mass is 16.5. The maximum Gasteiger partial charge on any atom is 0.307 e. The number of para-hydroxylation sites is 1. The number of hydrogen-bond donors (Lipinski definition) is 1. The molecule has 0 spiro atoms. The van der Waals surface area contributed by atoms with Crippen molar-refractivity contribution in [1.29, 1.82) is 0 Å². The van der Waals surface area contributed by atoms with Gasteiger partial charge < -0.3 is 13.6 Å². The number of amides is 1. The Labute approximate surface area is 132 Å². The summed E-state index contributed by atoms with van der Waals surface area (Å²) in [7, 11) is 0. The van der Waals surface area contributed by atoms with Gasteiger partial charge in [-0.05, 0) is 36.4 Å². The van der Waals surface area contributed by atoms with E-state index >= 15 is 0 Å². The number of hydrazone groups is 1. The molecule has 1 N–H and O–H groups in total. The Morgan fingerprint density at radius 1 is 1.13 bits per heavy atom. The van der Waals surface area contributed by atoms with Crippen LogP contribution < -0.4 is 10.2 Å². The van der Waals surface area contributed by atoms with Gasteiger partial charge in [0.05, 0.1) is 12.5 Å². The Balaban J connectivity index is 1.53. The summed E-state index contributed by atoms with van der Waals surface area (Å²) in [4.78, 5) is 11.9. The Bertz CT molecular complexity index is 776. The van der Waals surface area contributed by atoms with Gasteiger partial charge in [0.15, 0.2) is 5.76 Å². The van der Waals surface area contributed by atoms with Crippen LogP contribution in [0.1, 0.15) is 22.1 Å². The summed E-state index contributed by atoms with van der Waals surface area (Å²) < 4.78 is 16.0. The zero-order valence-electron chi connectivity index (χ0n) is 12.1. The van der Waals surface area contributed by atoms with Crippen LogP contribution in [0.3, 0.4) is 0 Å². The molecule has 3 aromatic rings. The Morgan fingerprint density at radius 3 is 2.78 bits per heavy atom. The molecule has 3 rings (SSSR count). The van der Waals surface area contributed by atoms with E-state index in [0.717, 1.165) is 5.75 Å². The second-order valence-electron chi connectivity index (χ2n) is 4.58. The highest BCUT2D eigenvalue weighted by Crippen LogP contribution is 2.13. The number of ether oxygens (including phenoxy) is 1. The Hall–Kier alpha value is -3.28. The van der Waals surface area contributed by atoms with Crippen LogP contribution in [0, 0.1) is 0 Å². The lowest BCUT2D eigenvalue weighted by molar-refractivity contribution is 0.0923. The fourth-order valence-corrected chi connectivity index (χ4v) is 1.82. The van der Waals surface area contributed by atoms with Crippen LogP contribution in [0.2, 0.25) is 0 Å².